The van der Waals surface area contributed by atoms with E-state index in [1.807, 2.05) is 58.2 Å². The molecule has 1 aliphatic carbocycles. The molecule has 1 saturated carbocycles. The van der Waals surface area contributed by atoms with Crippen molar-refractivity contribution >= 4 is 62.9 Å². The third kappa shape index (κ3) is 12.9. The van der Waals surface area contributed by atoms with Crippen LogP contribution in [0.15, 0.2) is 64.9 Å². The Morgan fingerprint density at radius 1 is 1.06 bits per heavy atom. The number of carbonyl (C=O) groups excluding carboxylic acids is 3. The van der Waals surface area contributed by atoms with E-state index in [1.165, 1.54) is 16.2 Å². The maximum absolute atomic E-state index is 14.6. The minimum absolute atomic E-state index is 0.00945. The summed E-state index contributed by atoms with van der Waals surface area (Å²) in [6.45, 7) is 10.3. The van der Waals surface area contributed by atoms with Crippen molar-refractivity contribution in [2.75, 3.05) is 25.5 Å². The molecule has 2 fully saturated rings. The number of aromatic nitrogens is 2. The molecule has 7 N–H and O–H groups in total. The molecule has 16 nitrogen and oxygen atoms in total. The zero-order valence-electron chi connectivity index (χ0n) is 38.1. The molecular weight excluding hydrogens is 869 g/mol. The third-order valence-electron chi connectivity index (χ3n) is 12.2. The van der Waals surface area contributed by atoms with Crippen LogP contribution in [0.4, 0.5) is 9.93 Å². The Morgan fingerprint density at radius 2 is 1.78 bits per heavy atom. The van der Waals surface area contributed by atoms with Gasteiger partial charge >= 0.3 is 12.0 Å². The Morgan fingerprint density at radius 3 is 2.46 bits per heavy atom. The predicted octanol–water partition coefficient (Wildman–Crippen LogP) is 6.70. The molecule has 6 rings (SSSR count). The molecule has 1 aliphatic heterocycles. The van der Waals surface area contributed by atoms with Crippen molar-refractivity contribution in [2.24, 2.45) is 17.1 Å². The Labute approximate surface area is 388 Å². The van der Waals surface area contributed by atoms with Crippen LogP contribution < -0.4 is 26.4 Å². The number of carboxylic acid groups (broad SMARTS) is 1. The quantitative estimate of drug-likeness (QED) is 0.0274. The highest BCUT2D eigenvalue weighted by Crippen LogP contribution is 2.45. The van der Waals surface area contributed by atoms with Gasteiger partial charge in [-0.15, -0.1) is 15.6 Å². The lowest BCUT2D eigenvalue weighted by Crippen LogP contribution is -2.57. The minimum Gasteiger partial charge on any atom is -0.593 e. The van der Waals surface area contributed by atoms with E-state index in [1.54, 1.807) is 47.8 Å². The summed E-state index contributed by atoms with van der Waals surface area (Å²) in [6.07, 6.45) is 5.90. The number of likely N-dealkylation sites (tertiary alicyclic amines) is 1. The number of hydrogen-bond acceptors (Lipinski definition) is 13. The van der Waals surface area contributed by atoms with E-state index >= 15 is 0 Å². The lowest BCUT2D eigenvalue weighted by atomic mass is 9.87. The zero-order chi connectivity index (χ0) is 47.1. The van der Waals surface area contributed by atoms with Crippen LogP contribution in [0.3, 0.4) is 0 Å². The normalized spacial score (nSPS) is 21.0. The SMILES string of the molecule is CC(C)Nc1nc(-c2cc(O[C@@H]3C[C@@H](C=O)N(C(=O)[C@H](CCCCCCCC4C[C@]4(N)C(=O)O)NC(=O)N[C@H](CN(C)[S+]([O-])c4ccccc4)C(C)(C)C)C3)c3ccc(O)cc3n2)cs1. The van der Waals surface area contributed by atoms with Gasteiger partial charge in [-0.05, 0) is 68.7 Å². The summed E-state index contributed by atoms with van der Waals surface area (Å²) in [4.78, 5) is 64.2. The standard InChI is InChI=1S/C47H64N8O8S2/c1-29(2)49-45-52-39(28-64-45)38-23-40(35-20-19-32(57)22-37(35)50-38)63-33-21-31(27-56)55(25-33)42(58)36(18-14-9-7-8-11-15-30-24-47(30,48)43(59)60)51-44(61)53-41(46(3,4)5)26-54(6)65(62)34-16-12-10-13-17-34/h10,12-13,16-17,19-20,22-23,27-31,33,36,41,57H,7-9,11,14-15,18,21,24-26,48H2,1-6H3,(H,49,52)(H,59,60)(H2,51,53,61)/t30?,31-,33+,36-,41+,47+,65?/m0/s1. The molecule has 65 heavy (non-hydrogen) atoms. The number of aldehydes is 1. The van der Waals surface area contributed by atoms with Crippen molar-refractivity contribution in [1.29, 1.82) is 0 Å². The van der Waals surface area contributed by atoms with Crippen LogP contribution in [0.1, 0.15) is 92.4 Å². The van der Waals surface area contributed by atoms with Gasteiger partial charge in [0.2, 0.25) is 5.91 Å². The maximum Gasteiger partial charge on any atom is 0.323 e. The van der Waals surface area contributed by atoms with E-state index in [9.17, 15) is 33.9 Å². The minimum atomic E-state index is -1.47. The number of nitrogens with two attached hydrogens (primary N) is 1. The second-order valence-corrected chi connectivity index (χ2v) is 21.2. The van der Waals surface area contributed by atoms with Gasteiger partial charge in [0.05, 0.1) is 47.7 Å². The number of thiazole rings is 1. The van der Waals surface area contributed by atoms with Crippen molar-refractivity contribution in [3.63, 3.8) is 0 Å². The number of aliphatic carboxylic acids is 1. The molecule has 0 bridgehead atoms. The number of hydrogen-bond donors (Lipinski definition) is 6. The van der Waals surface area contributed by atoms with Crippen molar-refractivity contribution < 1.29 is 38.7 Å². The summed E-state index contributed by atoms with van der Waals surface area (Å²) in [7, 11) is 1.74. The van der Waals surface area contributed by atoms with E-state index in [0.717, 1.165) is 43.5 Å². The first-order valence-corrected chi connectivity index (χ1v) is 24.4. The summed E-state index contributed by atoms with van der Waals surface area (Å²) in [5.74, 6) is -0.869. The van der Waals surface area contributed by atoms with Gasteiger partial charge in [0, 0.05) is 42.4 Å². The molecule has 2 unspecified atom stereocenters. The fraction of sp³-hybridized carbons (Fsp3) is 0.532. The van der Waals surface area contributed by atoms with Crippen LogP contribution in [0.2, 0.25) is 0 Å². The Kier molecular flexibility index (Phi) is 16.4. The topological polar surface area (TPSA) is 235 Å². The number of carboxylic acids is 1. The van der Waals surface area contributed by atoms with Gasteiger partial charge < -0.3 is 50.9 Å². The molecule has 2 aromatic heterocycles. The average Bonchev–Trinajstić information content (AvgIpc) is 3.51. The summed E-state index contributed by atoms with van der Waals surface area (Å²) in [5, 5.41) is 32.3. The van der Waals surface area contributed by atoms with E-state index < -0.39 is 64.5 Å². The number of fused-ring (bicyclic) bond motifs is 1. The number of phenolic OH excluding ortho intramolecular Hbond substituents is 1. The van der Waals surface area contributed by atoms with Crippen molar-refractivity contribution in [2.45, 2.75) is 133 Å². The number of phenols is 1. The number of likely N-dealkylation sites (N-methyl/N-ethyl adjacent to an activating group) is 1. The number of nitrogens with one attached hydrogen (secondary N) is 3. The molecule has 2 aromatic carbocycles. The third-order valence-corrected chi connectivity index (χ3v) is 14.4. The molecule has 352 valence electrons. The first-order valence-electron chi connectivity index (χ1n) is 22.4. The number of pyridine rings is 1. The van der Waals surface area contributed by atoms with E-state index in [2.05, 4.69) is 16.0 Å². The Hall–Kier alpha value is -5.01. The molecule has 0 spiro atoms. The van der Waals surface area contributed by atoms with Crippen LogP contribution in [0.5, 0.6) is 11.5 Å². The zero-order valence-corrected chi connectivity index (χ0v) is 39.8. The van der Waals surface area contributed by atoms with E-state index in [-0.39, 0.29) is 37.2 Å². The molecule has 3 heterocycles. The second-order valence-electron chi connectivity index (χ2n) is 18.8. The first-order chi connectivity index (χ1) is 30.9. The van der Waals surface area contributed by atoms with Crippen molar-refractivity contribution in [3.05, 3.63) is 60.0 Å². The molecule has 1 saturated heterocycles. The summed E-state index contributed by atoms with van der Waals surface area (Å²) >= 11 is -0.0250. The lowest BCUT2D eigenvalue weighted by Gasteiger charge is -2.35. The smallest absolute Gasteiger partial charge is 0.323 e. The molecular formula is C47H64N8O8S2. The first kappa shape index (κ1) is 49.4. The van der Waals surface area contributed by atoms with E-state index in [0.29, 0.717) is 52.2 Å². The number of nitrogens with zero attached hydrogens (tertiary/aromatic N) is 4. The lowest BCUT2D eigenvalue weighted by molar-refractivity contribution is -0.140. The summed E-state index contributed by atoms with van der Waals surface area (Å²) in [6, 6.07) is 13.1. The summed E-state index contributed by atoms with van der Waals surface area (Å²) in [5.41, 5.74) is 6.05. The molecule has 3 amide bonds. The number of anilines is 1. The van der Waals surface area contributed by atoms with Gasteiger partial charge in [0.25, 0.3) is 0 Å². The fourth-order valence-electron chi connectivity index (χ4n) is 8.22. The number of amides is 3. The van der Waals surface area contributed by atoms with Crippen LogP contribution in [0, 0.1) is 11.3 Å². The summed E-state index contributed by atoms with van der Waals surface area (Å²) < 4.78 is 21.7. The monoisotopic (exact) mass is 932 g/mol. The Bertz CT molecular complexity index is 2280. The number of aromatic hydroxyl groups is 1. The van der Waals surface area contributed by atoms with Gasteiger partial charge in [-0.1, -0.05) is 71.1 Å². The van der Waals surface area contributed by atoms with Gasteiger partial charge in [-0.2, -0.15) is 0 Å². The molecule has 4 aromatic rings. The fourth-order valence-corrected chi connectivity index (χ4v) is 10.1. The van der Waals surface area contributed by atoms with Crippen LogP contribution in [-0.4, -0.2) is 114 Å². The average molecular weight is 933 g/mol. The number of unbranched alkanes of at least 4 members (excludes halogenated alkanes) is 4. The highest BCUT2D eigenvalue weighted by molar-refractivity contribution is 7.89. The number of urea groups is 1. The highest BCUT2D eigenvalue weighted by Gasteiger charge is 2.56. The van der Waals surface area contributed by atoms with Crippen LogP contribution >= 0.6 is 11.3 Å². The van der Waals surface area contributed by atoms with Gasteiger partial charge in [0.1, 0.15) is 41.2 Å². The number of carbonyl (C=O) groups is 4. The number of rotatable bonds is 22. The molecule has 7 atom stereocenters. The second kappa shape index (κ2) is 21.5. The van der Waals surface area contributed by atoms with Gasteiger partial charge in [0.15, 0.2) is 10.0 Å². The van der Waals surface area contributed by atoms with Crippen LogP contribution in [0.25, 0.3) is 22.3 Å². The maximum atomic E-state index is 14.6. The van der Waals surface area contributed by atoms with Crippen molar-refractivity contribution in [3.8, 4) is 22.9 Å². The van der Waals surface area contributed by atoms with E-state index in [4.69, 9.17) is 20.4 Å². The molecule has 2 aliphatic rings. The largest absolute Gasteiger partial charge is 0.593 e. The Balaban J connectivity index is 1.16. The molecule has 0 radical (unpaired) electrons. The van der Waals surface area contributed by atoms with Crippen molar-refractivity contribution in [1.82, 2.24) is 29.8 Å². The number of ether oxygens (including phenoxy) is 1. The predicted molar refractivity (Wildman–Crippen MR) is 253 cm³/mol. The van der Waals surface area contributed by atoms with Crippen LogP contribution in [-0.2, 0) is 25.7 Å². The van der Waals surface area contributed by atoms with Gasteiger partial charge in [-0.25, -0.2) is 14.8 Å². The molecule has 18 heteroatoms. The van der Waals surface area contributed by atoms with Gasteiger partial charge in [-0.3, -0.25) is 9.59 Å². The highest BCUT2D eigenvalue weighted by atomic mass is 32.2. The number of benzene rings is 2.